The van der Waals surface area contributed by atoms with E-state index in [0.29, 0.717) is 5.84 Å². The van der Waals surface area contributed by atoms with Crippen molar-refractivity contribution in [2.45, 2.75) is 0 Å². The fourth-order valence-electron chi connectivity index (χ4n) is 2.48. The molecule has 120 valence electrons. The summed E-state index contributed by atoms with van der Waals surface area (Å²) in [6.45, 7) is 1.67. The van der Waals surface area contributed by atoms with Crippen molar-refractivity contribution < 1.29 is 0 Å². The van der Waals surface area contributed by atoms with Gasteiger partial charge in [-0.25, -0.2) is 10.8 Å². The van der Waals surface area contributed by atoms with Crippen LogP contribution < -0.4 is 27.7 Å². The molecule has 0 aliphatic carbocycles. The summed E-state index contributed by atoms with van der Waals surface area (Å²) in [6, 6.07) is 7.98. The van der Waals surface area contributed by atoms with Gasteiger partial charge in [-0.3, -0.25) is 0 Å². The van der Waals surface area contributed by atoms with Gasteiger partial charge in [-0.1, -0.05) is 12.1 Å². The average molecular weight is 329 g/mol. The Balaban J connectivity index is 2.13. The number of nitrogens with two attached hydrogens (primary N) is 2. The predicted molar refractivity (Wildman–Crippen MR) is 97.6 cm³/mol. The normalized spacial score (nSPS) is 12.0. The molecule has 8 heteroatoms. The molecule has 2 heterocycles. The number of nitrogens with zero attached hydrogens (tertiary/aromatic N) is 2. The Bertz CT molecular complexity index is 856. The van der Waals surface area contributed by atoms with E-state index in [2.05, 4.69) is 32.6 Å². The summed E-state index contributed by atoms with van der Waals surface area (Å²) in [7, 11) is 1.93. The number of rotatable bonds is 5. The van der Waals surface area contributed by atoms with E-state index in [1.165, 1.54) is 4.70 Å². The van der Waals surface area contributed by atoms with Gasteiger partial charge >= 0.3 is 0 Å². The molecule has 3 rings (SSSR count). The molecule has 0 aliphatic heterocycles. The zero-order valence-corrected chi connectivity index (χ0v) is 13.6. The molecule has 0 radical (unpaired) electrons. The molecule has 0 bridgehead atoms. The fourth-order valence-corrected chi connectivity index (χ4v) is 3.42. The van der Waals surface area contributed by atoms with E-state index >= 15 is 0 Å². The minimum Gasteiger partial charge on any atom is -0.368 e. The molecule has 23 heavy (non-hydrogen) atoms. The first-order valence-corrected chi connectivity index (χ1v) is 8.10. The Hall–Kier alpha value is -2.42. The Kier molecular flexibility index (Phi) is 4.56. The zero-order chi connectivity index (χ0) is 16.2. The van der Waals surface area contributed by atoms with Crippen LogP contribution in [0.5, 0.6) is 0 Å². The molecular weight excluding hydrogens is 310 g/mol. The minimum atomic E-state index is 0.421. The quantitative estimate of drug-likeness (QED) is 0.158. The number of amidine groups is 1. The van der Waals surface area contributed by atoms with Gasteiger partial charge in [-0.05, 0) is 24.6 Å². The van der Waals surface area contributed by atoms with Crippen LogP contribution in [0.1, 0.15) is 5.56 Å². The SMILES string of the molecule is CNCCNc1nc2cc(/C(=N/N)NN)ccc2c2sccc12. The Morgan fingerprint density at radius 3 is 2.87 bits per heavy atom. The van der Waals surface area contributed by atoms with Crippen molar-refractivity contribution in [2.75, 3.05) is 25.5 Å². The van der Waals surface area contributed by atoms with Crippen molar-refractivity contribution in [3.8, 4) is 0 Å². The number of aromatic nitrogens is 1. The second kappa shape index (κ2) is 6.78. The third kappa shape index (κ3) is 2.91. The Morgan fingerprint density at radius 1 is 1.26 bits per heavy atom. The second-order valence-electron chi connectivity index (χ2n) is 5.01. The standard InChI is InChI=1S/C15H19N7S/c1-18-5-6-19-15-11-4-7-23-13(11)10-3-2-9(8-12(10)20-15)14(21-16)22-17/h2-4,7-8,18H,5-6,16-17H2,1H3,(H,19,20)(H,21,22). The summed E-state index contributed by atoms with van der Waals surface area (Å²) in [5.74, 6) is 12.1. The number of hydrazone groups is 1. The highest BCUT2D eigenvalue weighted by Crippen LogP contribution is 2.33. The van der Waals surface area contributed by atoms with Crippen LogP contribution in [0.4, 0.5) is 5.82 Å². The molecule has 1 aromatic carbocycles. The van der Waals surface area contributed by atoms with Crippen LogP contribution in [0, 0.1) is 0 Å². The van der Waals surface area contributed by atoms with Gasteiger partial charge in [-0.15, -0.1) is 11.3 Å². The number of benzene rings is 1. The lowest BCUT2D eigenvalue weighted by Gasteiger charge is -2.10. The van der Waals surface area contributed by atoms with Crippen LogP contribution in [-0.2, 0) is 0 Å². The smallest absolute Gasteiger partial charge is 0.166 e. The van der Waals surface area contributed by atoms with Crippen molar-refractivity contribution in [3.05, 3.63) is 35.2 Å². The largest absolute Gasteiger partial charge is 0.368 e. The van der Waals surface area contributed by atoms with Crippen molar-refractivity contribution in [1.82, 2.24) is 15.7 Å². The number of hydrogen-bond donors (Lipinski definition) is 5. The van der Waals surface area contributed by atoms with Gasteiger partial charge in [-0.2, -0.15) is 5.10 Å². The molecule has 0 amide bonds. The Labute approximate surface area is 137 Å². The number of hydrogen-bond acceptors (Lipinski definition) is 7. The number of hydrazine groups is 1. The molecule has 0 aliphatic rings. The van der Waals surface area contributed by atoms with Crippen LogP contribution in [0.25, 0.3) is 21.0 Å². The maximum absolute atomic E-state index is 5.45. The van der Waals surface area contributed by atoms with Gasteiger partial charge in [0.2, 0.25) is 0 Å². The minimum absolute atomic E-state index is 0.421. The van der Waals surface area contributed by atoms with Crippen molar-refractivity contribution in [3.63, 3.8) is 0 Å². The highest BCUT2D eigenvalue weighted by atomic mass is 32.1. The molecular formula is C15H19N7S. The lowest BCUT2D eigenvalue weighted by Crippen LogP contribution is -2.32. The van der Waals surface area contributed by atoms with E-state index in [1.807, 2.05) is 25.2 Å². The summed E-state index contributed by atoms with van der Waals surface area (Å²) < 4.78 is 1.21. The second-order valence-corrected chi connectivity index (χ2v) is 5.92. The topological polar surface area (TPSA) is 113 Å². The van der Waals surface area contributed by atoms with Crippen LogP contribution in [-0.4, -0.2) is 31.0 Å². The van der Waals surface area contributed by atoms with E-state index < -0.39 is 0 Å². The first-order valence-electron chi connectivity index (χ1n) is 7.22. The summed E-state index contributed by atoms with van der Waals surface area (Å²) in [5, 5.41) is 14.5. The van der Waals surface area contributed by atoms with Crippen LogP contribution >= 0.6 is 11.3 Å². The highest BCUT2D eigenvalue weighted by molar-refractivity contribution is 7.18. The number of anilines is 1. The maximum atomic E-state index is 5.45. The first kappa shape index (κ1) is 15.5. The van der Waals surface area contributed by atoms with Crippen LogP contribution in [0.3, 0.4) is 0 Å². The summed E-state index contributed by atoms with van der Waals surface area (Å²) in [4.78, 5) is 4.76. The van der Waals surface area contributed by atoms with E-state index in [-0.39, 0.29) is 0 Å². The summed E-state index contributed by atoms with van der Waals surface area (Å²) in [6.07, 6.45) is 0. The van der Waals surface area contributed by atoms with Crippen LogP contribution in [0.15, 0.2) is 34.7 Å². The number of nitrogens with one attached hydrogen (secondary N) is 3. The van der Waals surface area contributed by atoms with Crippen LogP contribution in [0.2, 0.25) is 0 Å². The molecule has 0 saturated heterocycles. The van der Waals surface area contributed by atoms with Gasteiger partial charge in [0.1, 0.15) is 5.82 Å². The highest BCUT2D eigenvalue weighted by Gasteiger charge is 2.11. The number of pyridine rings is 1. The first-order chi connectivity index (χ1) is 11.3. The zero-order valence-electron chi connectivity index (χ0n) is 12.8. The monoisotopic (exact) mass is 329 g/mol. The summed E-state index contributed by atoms with van der Waals surface area (Å²) >= 11 is 1.71. The molecule has 7 nitrogen and oxygen atoms in total. The number of thiophene rings is 1. The van der Waals surface area contributed by atoms with Gasteiger partial charge in [0, 0.05) is 34.1 Å². The van der Waals surface area contributed by atoms with E-state index in [9.17, 15) is 0 Å². The third-order valence-corrected chi connectivity index (χ3v) is 4.55. The van der Waals surface area contributed by atoms with Gasteiger partial charge < -0.3 is 21.9 Å². The van der Waals surface area contributed by atoms with E-state index in [4.69, 9.17) is 16.7 Å². The van der Waals surface area contributed by atoms with E-state index in [0.717, 1.165) is 40.8 Å². The maximum Gasteiger partial charge on any atom is 0.166 e. The van der Waals surface area contributed by atoms with Crippen molar-refractivity contribution in [1.29, 1.82) is 0 Å². The van der Waals surface area contributed by atoms with Gasteiger partial charge in [0.05, 0.1) is 5.52 Å². The molecule has 0 atom stereocenters. The fraction of sp³-hybridized carbons (Fsp3) is 0.200. The lowest BCUT2D eigenvalue weighted by atomic mass is 10.1. The van der Waals surface area contributed by atoms with Crippen molar-refractivity contribution in [2.24, 2.45) is 16.8 Å². The molecule has 0 saturated carbocycles. The van der Waals surface area contributed by atoms with Crippen molar-refractivity contribution >= 4 is 44.0 Å². The molecule has 3 aromatic rings. The third-order valence-electron chi connectivity index (χ3n) is 3.60. The molecule has 7 N–H and O–H groups in total. The molecule has 0 unspecified atom stereocenters. The summed E-state index contributed by atoms with van der Waals surface area (Å²) in [5.41, 5.74) is 4.17. The number of fused-ring (bicyclic) bond motifs is 3. The van der Waals surface area contributed by atoms with E-state index in [1.54, 1.807) is 11.3 Å². The molecule has 0 fully saturated rings. The molecule has 0 spiro atoms. The van der Waals surface area contributed by atoms with Gasteiger partial charge in [0.15, 0.2) is 5.84 Å². The predicted octanol–water partition coefficient (Wildman–Crippen LogP) is 1.16. The average Bonchev–Trinajstić information content (AvgIpc) is 3.06. The van der Waals surface area contributed by atoms with Gasteiger partial charge in [0.25, 0.3) is 0 Å². The molecule has 2 aromatic heterocycles. The number of likely N-dealkylation sites (N-methyl/N-ethyl adjacent to an activating group) is 1. The lowest BCUT2D eigenvalue weighted by molar-refractivity contribution is 0.822. The Morgan fingerprint density at radius 2 is 2.13 bits per heavy atom.